The lowest BCUT2D eigenvalue weighted by Gasteiger charge is -2.34. The molecule has 1 saturated carbocycles. The third-order valence-electron chi connectivity index (χ3n) is 4.22. The van der Waals surface area contributed by atoms with Gasteiger partial charge in [0.1, 0.15) is 0 Å². The third kappa shape index (κ3) is 4.26. The van der Waals surface area contributed by atoms with Gasteiger partial charge in [-0.25, -0.2) is 4.98 Å². The van der Waals surface area contributed by atoms with Crippen molar-refractivity contribution in [3.05, 3.63) is 52.9 Å². The molecule has 1 heterocycles. The van der Waals surface area contributed by atoms with Crippen LogP contribution in [0.1, 0.15) is 32.1 Å². The normalized spacial score (nSPS) is 15.2. The number of para-hydroxylation sites is 1. The monoisotopic (exact) mass is 343 g/mol. The molecule has 1 aromatic carbocycles. The molecule has 0 radical (unpaired) electrons. The summed E-state index contributed by atoms with van der Waals surface area (Å²) < 4.78 is 0. The zero-order valence-electron chi connectivity index (χ0n) is 13.5. The maximum Gasteiger partial charge on any atom is 0.251 e. The van der Waals surface area contributed by atoms with Gasteiger partial charge >= 0.3 is 0 Å². The van der Waals surface area contributed by atoms with Gasteiger partial charge in [0.25, 0.3) is 5.56 Å². The number of rotatable bonds is 5. The standard InChI is InChI=1S/C18H21N3O2S/c22-16-11-12-19-18(20-16)24-13-17(23)21(14-7-3-1-4-8-14)15-9-5-2-6-10-15/h1,3-4,7-8,11-12,15H,2,5-6,9-10,13H2,(H,19,20,22). The first-order valence-corrected chi connectivity index (χ1v) is 9.28. The van der Waals surface area contributed by atoms with Crippen LogP contribution in [0.2, 0.25) is 0 Å². The zero-order valence-corrected chi connectivity index (χ0v) is 14.3. The minimum atomic E-state index is -0.202. The molecule has 1 fully saturated rings. The molecule has 5 nitrogen and oxygen atoms in total. The number of aromatic amines is 1. The van der Waals surface area contributed by atoms with E-state index >= 15 is 0 Å². The first-order valence-electron chi connectivity index (χ1n) is 8.29. The number of hydrogen-bond donors (Lipinski definition) is 1. The summed E-state index contributed by atoms with van der Waals surface area (Å²) in [6.07, 6.45) is 7.14. The van der Waals surface area contributed by atoms with Gasteiger partial charge in [0, 0.05) is 24.0 Å². The lowest BCUT2D eigenvalue weighted by atomic mass is 9.93. The molecule has 0 atom stereocenters. The number of nitrogens with one attached hydrogen (secondary N) is 1. The van der Waals surface area contributed by atoms with Gasteiger partial charge in [-0.3, -0.25) is 9.59 Å². The van der Waals surface area contributed by atoms with Crippen LogP contribution >= 0.6 is 11.8 Å². The predicted molar refractivity (Wildman–Crippen MR) is 96.4 cm³/mol. The van der Waals surface area contributed by atoms with E-state index in [4.69, 9.17) is 0 Å². The fraction of sp³-hybridized carbons (Fsp3) is 0.389. The summed E-state index contributed by atoms with van der Waals surface area (Å²) in [5, 5.41) is 0.479. The van der Waals surface area contributed by atoms with E-state index in [1.165, 1.54) is 43.3 Å². The summed E-state index contributed by atoms with van der Waals surface area (Å²) in [5.74, 6) is 0.322. The Morgan fingerprint density at radius 1 is 1.17 bits per heavy atom. The number of H-pyrrole nitrogens is 1. The number of benzene rings is 1. The van der Waals surface area contributed by atoms with E-state index in [1.54, 1.807) is 0 Å². The van der Waals surface area contributed by atoms with Crippen molar-refractivity contribution in [3.8, 4) is 0 Å². The zero-order chi connectivity index (χ0) is 16.8. The molecular formula is C18H21N3O2S. The fourth-order valence-electron chi connectivity index (χ4n) is 3.11. The molecule has 3 rings (SSSR count). The van der Waals surface area contributed by atoms with Crippen LogP contribution in [0.4, 0.5) is 5.69 Å². The molecule has 1 N–H and O–H groups in total. The van der Waals surface area contributed by atoms with E-state index in [1.807, 2.05) is 35.2 Å². The van der Waals surface area contributed by atoms with Gasteiger partial charge in [0.15, 0.2) is 5.16 Å². The van der Waals surface area contributed by atoms with E-state index in [9.17, 15) is 9.59 Å². The van der Waals surface area contributed by atoms with Crippen LogP contribution in [0.15, 0.2) is 52.5 Å². The van der Waals surface area contributed by atoms with Gasteiger partial charge in [0.2, 0.25) is 5.91 Å². The third-order valence-corrected chi connectivity index (χ3v) is 5.10. The van der Waals surface area contributed by atoms with E-state index < -0.39 is 0 Å². The van der Waals surface area contributed by atoms with Crippen LogP contribution in [-0.4, -0.2) is 27.7 Å². The van der Waals surface area contributed by atoms with Crippen LogP contribution in [0.5, 0.6) is 0 Å². The lowest BCUT2D eigenvalue weighted by molar-refractivity contribution is -0.116. The van der Waals surface area contributed by atoms with Crippen molar-refractivity contribution in [1.29, 1.82) is 0 Å². The number of anilines is 1. The van der Waals surface area contributed by atoms with Crippen LogP contribution in [-0.2, 0) is 4.79 Å². The molecule has 1 amide bonds. The highest BCUT2D eigenvalue weighted by Crippen LogP contribution is 2.28. The number of hydrogen-bond acceptors (Lipinski definition) is 4. The molecule has 0 saturated heterocycles. The Kier molecular flexibility index (Phi) is 5.69. The molecule has 0 bridgehead atoms. The number of amides is 1. The fourth-order valence-corrected chi connectivity index (χ4v) is 3.82. The molecule has 2 aromatic rings. The quantitative estimate of drug-likeness (QED) is 0.669. The Labute approximate surface area is 145 Å². The van der Waals surface area contributed by atoms with Crippen molar-refractivity contribution in [2.24, 2.45) is 0 Å². The van der Waals surface area contributed by atoms with Gasteiger partial charge in [0.05, 0.1) is 5.75 Å². The van der Waals surface area contributed by atoms with E-state index in [-0.39, 0.29) is 23.3 Å². The first-order chi connectivity index (χ1) is 11.7. The summed E-state index contributed by atoms with van der Waals surface area (Å²) in [6, 6.07) is 11.5. The van der Waals surface area contributed by atoms with Crippen molar-refractivity contribution < 1.29 is 4.79 Å². The molecular weight excluding hydrogens is 322 g/mol. The second kappa shape index (κ2) is 8.15. The van der Waals surface area contributed by atoms with Crippen molar-refractivity contribution in [1.82, 2.24) is 9.97 Å². The molecule has 24 heavy (non-hydrogen) atoms. The summed E-state index contributed by atoms with van der Waals surface area (Å²) in [7, 11) is 0. The van der Waals surface area contributed by atoms with Crippen LogP contribution in [0, 0.1) is 0 Å². The topological polar surface area (TPSA) is 66.1 Å². The van der Waals surface area contributed by atoms with Crippen molar-refractivity contribution in [3.63, 3.8) is 0 Å². The minimum Gasteiger partial charge on any atom is -0.309 e. The second-order valence-corrected chi connectivity index (χ2v) is 6.88. The molecule has 126 valence electrons. The number of carbonyl (C=O) groups is 1. The molecule has 1 aliphatic carbocycles. The number of aromatic nitrogens is 2. The average Bonchev–Trinajstić information content (AvgIpc) is 2.62. The maximum absolute atomic E-state index is 12.9. The number of carbonyl (C=O) groups excluding carboxylic acids is 1. The SMILES string of the molecule is O=C(CSc1nccc(=O)[nH]1)N(c1ccccc1)C1CCCCC1. The molecule has 6 heteroatoms. The Morgan fingerprint density at radius 3 is 2.62 bits per heavy atom. The molecule has 0 aliphatic heterocycles. The molecule has 0 unspecified atom stereocenters. The van der Waals surface area contributed by atoms with Crippen molar-refractivity contribution >= 4 is 23.4 Å². The van der Waals surface area contributed by atoms with Crippen LogP contribution < -0.4 is 10.5 Å². The van der Waals surface area contributed by atoms with E-state index in [0.29, 0.717) is 5.16 Å². The molecule has 0 spiro atoms. The van der Waals surface area contributed by atoms with E-state index in [2.05, 4.69) is 9.97 Å². The molecule has 1 aromatic heterocycles. The van der Waals surface area contributed by atoms with Gasteiger partial charge < -0.3 is 9.88 Å². The summed E-state index contributed by atoms with van der Waals surface area (Å²) in [6.45, 7) is 0. The summed E-state index contributed by atoms with van der Waals surface area (Å²) >= 11 is 1.27. The molecule has 1 aliphatic rings. The highest BCUT2D eigenvalue weighted by Gasteiger charge is 2.26. The lowest BCUT2D eigenvalue weighted by Crippen LogP contribution is -2.42. The average molecular weight is 343 g/mol. The van der Waals surface area contributed by atoms with Crippen LogP contribution in [0.3, 0.4) is 0 Å². The summed E-state index contributed by atoms with van der Waals surface area (Å²) in [4.78, 5) is 32.9. The Hall–Kier alpha value is -2.08. The van der Waals surface area contributed by atoms with Crippen molar-refractivity contribution in [2.75, 3.05) is 10.7 Å². The predicted octanol–water partition coefficient (Wildman–Crippen LogP) is 3.23. The smallest absolute Gasteiger partial charge is 0.251 e. The number of thioether (sulfide) groups is 1. The highest BCUT2D eigenvalue weighted by atomic mass is 32.2. The maximum atomic E-state index is 12.9. The van der Waals surface area contributed by atoms with Crippen molar-refractivity contribution in [2.45, 2.75) is 43.3 Å². The highest BCUT2D eigenvalue weighted by molar-refractivity contribution is 7.99. The van der Waals surface area contributed by atoms with E-state index in [0.717, 1.165) is 18.5 Å². The first kappa shape index (κ1) is 16.8. The van der Waals surface area contributed by atoms with Gasteiger partial charge in [-0.1, -0.05) is 49.2 Å². The Bertz CT molecular complexity index is 726. The Balaban J connectivity index is 1.74. The van der Waals surface area contributed by atoms with Gasteiger partial charge in [-0.2, -0.15) is 0 Å². The Morgan fingerprint density at radius 2 is 1.92 bits per heavy atom. The number of nitrogens with zero attached hydrogens (tertiary/aromatic N) is 2. The van der Waals surface area contributed by atoms with Crippen LogP contribution in [0.25, 0.3) is 0 Å². The minimum absolute atomic E-state index is 0.0598. The van der Waals surface area contributed by atoms with Gasteiger partial charge in [-0.15, -0.1) is 0 Å². The van der Waals surface area contributed by atoms with Gasteiger partial charge in [-0.05, 0) is 25.0 Å². The largest absolute Gasteiger partial charge is 0.309 e. The second-order valence-electron chi connectivity index (χ2n) is 5.92. The summed E-state index contributed by atoms with van der Waals surface area (Å²) in [5.41, 5.74) is 0.747.